The summed E-state index contributed by atoms with van der Waals surface area (Å²) in [4.78, 5) is 12.2. The van der Waals surface area contributed by atoms with E-state index in [2.05, 4.69) is 10.6 Å². The predicted octanol–water partition coefficient (Wildman–Crippen LogP) is 3.20. The maximum atomic E-state index is 12.2. The average Bonchev–Trinajstić information content (AvgIpc) is 2.55. The average molecular weight is 328 g/mol. The number of aryl methyl sites for hydroxylation is 1. The lowest BCUT2D eigenvalue weighted by atomic mass is 10.1. The molecule has 120 valence electrons. The molecule has 2 rings (SSSR count). The fourth-order valence-corrected chi connectivity index (χ4v) is 2.17. The van der Waals surface area contributed by atoms with Crippen LogP contribution in [0.25, 0.3) is 0 Å². The number of nitrogens with one attached hydrogen (secondary N) is 2. The maximum Gasteiger partial charge on any atom is 0.257 e. The number of hydrogen-bond acceptors (Lipinski definition) is 3. The molecule has 4 nitrogen and oxygen atoms in total. The standard InChI is InChI=1S/C18H20N2O2S/c1-3-22-16-6-4-5-15(11-16)17(21)20-18(23)19-12-14-9-7-13(2)8-10-14/h4-11H,3,12H2,1-2H3,(H2,19,20,21,23). The van der Waals surface area contributed by atoms with E-state index in [-0.39, 0.29) is 5.91 Å². The van der Waals surface area contributed by atoms with Crippen LogP contribution < -0.4 is 15.4 Å². The molecule has 0 atom stereocenters. The summed E-state index contributed by atoms with van der Waals surface area (Å²) < 4.78 is 5.39. The van der Waals surface area contributed by atoms with Crippen molar-refractivity contribution >= 4 is 23.2 Å². The minimum atomic E-state index is -0.257. The number of carbonyl (C=O) groups is 1. The van der Waals surface area contributed by atoms with Gasteiger partial charge in [0, 0.05) is 12.1 Å². The normalized spacial score (nSPS) is 10.0. The second kappa shape index (κ2) is 8.29. The Bertz CT molecular complexity index is 684. The van der Waals surface area contributed by atoms with E-state index in [0.29, 0.717) is 29.6 Å². The fourth-order valence-electron chi connectivity index (χ4n) is 2.00. The monoisotopic (exact) mass is 328 g/mol. The molecule has 0 unspecified atom stereocenters. The Kier molecular flexibility index (Phi) is 6.11. The lowest BCUT2D eigenvalue weighted by Gasteiger charge is -2.10. The summed E-state index contributed by atoms with van der Waals surface area (Å²) in [6, 6.07) is 15.1. The van der Waals surface area contributed by atoms with Gasteiger partial charge >= 0.3 is 0 Å². The van der Waals surface area contributed by atoms with E-state index < -0.39 is 0 Å². The molecule has 1 amide bonds. The lowest BCUT2D eigenvalue weighted by molar-refractivity contribution is 0.0976. The van der Waals surface area contributed by atoms with Gasteiger partial charge in [0.2, 0.25) is 0 Å². The quantitative estimate of drug-likeness (QED) is 0.828. The summed E-state index contributed by atoms with van der Waals surface area (Å²) in [5.74, 6) is 0.409. The molecule has 5 heteroatoms. The zero-order valence-corrected chi connectivity index (χ0v) is 14.1. The third-order valence-electron chi connectivity index (χ3n) is 3.21. The Balaban J connectivity index is 1.88. The van der Waals surface area contributed by atoms with Crippen molar-refractivity contribution in [1.29, 1.82) is 0 Å². The zero-order chi connectivity index (χ0) is 16.7. The molecule has 0 saturated carbocycles. The van der Waals surface area contributed by atoms with Crippen LogP contribution in [-0.2, 0) is 6.54 Å². The van der Waals surface area contributed by atoms with Gasteiger partial charge in [-0.15, -0.1) is 0 Å². The summed E-state index contributed by atoms with van der Waals surface area (Å²) in [5.41, 5.74) is 2.82. The van der Waals surface area contributed by atoms with Crippen LogP contribution in [0.5, 0.6) is 5.75 Å². The fraction of sp³-hybridized carbons (Fsp3) is 0.222. The first kappa shape index (κ1) is 17.0. The van der Waals surface area contributed by atoms with Crippen molar-refractivity contribution in [1.82, 2.24) is 10.6 Å². The first-order valence-corrected chi connectivity index (χ1v) is 7.87. The van der Waals surface area contributed by atoms with E-state index in [1.165, 1.54) is 5.56 Å². The van der Waals surface area contributed by atoms with Gasteiger partial charge in [0.25, 0.3) is 5.91 Å². The predicted molar refractivity (Wildman–Crippen MR) is 95.7 cm³/mol. The summed E-state index contributed by atoms with van der Waals surface area (Å²) in [7, 11) is 0. The van der Waals surface area contributed by atoms with Crippen molar-refractivity contribution < 1.29 is 9.53 Å². The molecule has 0 aromatic heterocycles. The molecule has 0 bridgehead atoms. The summed E-state index contributed by atoms with van der Waals surface area (Å²) in [5, 5.41) is 6.00. The molecule has 2 aromatic rings. The van der Waals surface area contributed by atoms with E-state index in [0.717, 1.165) is 5.56 Å². The highest BCUT2D eigenvalue weighted by atomic mass is 32.1. The third kappa shape index (κ3) is 5.38. The zero-order valence-electron chi connectivity index (χ0n) is 13.3. The van der Waals surface area contributed by atoms with Crippen LogP contribution in [0.1, 0.15) is 28.4 Å². The Morgan fingerprint density at radius 2 is 1.91 bits per heavy atom. The molecule has 0 aliphatic carbocycles. The summed E-state index contributed by atoms with van der Waals surface area (Å²) >= 11 is 5.16. The molecule has 0 radical (unpaired) electrons. The number of rotatable bonds is 5. The van der Waals surface area contributed by atoms with Crippen molar-refractivity contribution in [3.8, 4) is 5.75 Å². The molecule has 0 heterocycles. The van der Waals surface area contributed by atoms with Gasteiger partial charge < -0.3 is 10.1 Å². The number of hydrogen-bond donors (Lipinski definition) is 2. The van der Waals surface area contributed by atoms with Gasteiger partial charge in [-0.05, 0) is 49.8 Å². The molecule has 0 fully saturated rings. The minimum absolute atomic E-state index is 0.257. The molecule has 23 heavy (non-hydrogen) atoms. The highest BCUT2D eigenvalue weighted by Gasteiger charge is 2.08. The molecule has 0 saturated heterocycles. The van der Waals surface area contributed by atoms with Gasteiger partial charge in [-0.1, -0.05) is 35.9 Å². The van der Waals surface area contributed by atoms with Crippen LogP contribution in [0.15, 0.2) is 48.5 Å². The number of amides is 1. The number of benzene rings is 2. The Labute approximate surface area is 141 Å². The largest absolute Gasteiger partial charge is 0.494 e. The Hall–Kier alpha value is -2.40. The van der Waals surface area contributed by atoms with Gasteiger partial charge in [0.1, 0.15) is 5.75 Å². The SMILES string of the molecule is CCOc1cccc(C(=O)NC(=S)NCc2ccc(C)cc2)c1. The highest BCUT2D eigenvalue weighted by Crippen LogP contribution is 2.13. The van der Waals surface area contributed by atoms with Crippen LogP contribution in [-0.4, -0.2) is 17.6 Å². The van der Waals surface area contributed by atoms with Crippen LogP contribution in [0.2, 0.25) is 0 Å². The van der Waals surface area contributed by atoms with E-state index >= 15 is 0 Å². The smallest absolute Gasteiger partial charge is 0.257 e. The summed E-state index contributed by atoms with van der Waals surface area (Å²) in [6.07, 6.45) is 0. The molecule has 0 spiro atoms. The van der Waals surface area contributed by atoms with Gasteiger partial charge in [0.05, 0.1) is 6.61 Å². The van der Waals surface area contributed by atoms with Gasteiger partial charge in [-0.25, -0.2) is 0 Å². The molecule has 0 aliphatic heterocycles. The van der Waals surface area contributed by atoms with Gasteiger partial charge in [-0.3, -0.25) is 10.1 Å². The van der Waals surface area contributed by atoms with Crippen molar-refractivity contribution in [2.45, 2.75) is 20.4 Å². The van der Waals surface area contributed by atoms with Crippen LogP contribution in [0, 0.1) is 6.92 Å². The van der Waals surface area contributed by atoms with E-state index in [9.17, 15) is 4.79 Å². The lowest BCUT2D eigenvalue weighted by Crippen LogP contribution is -2.38. The van der Waals surface area contributed by atoms with Crippen molar-refractivity contribution in [2.75, 3.05) is 6.61 Å². The summed E-state index contributed by atoms with van der Waals surface area (Å²) in [6.45, 7) is 5.06. The Morgan fingerprint density at radius 1 is 1.17 bits per heavy atom. The minimum Gasteiger partial charge on any atom is -0.494 e. The van der Waals surface area contributed by atoms with Crippen LogP contribution in [0.3, 0.4) is 0 Å². The van der Waals surface area contributed by atoms with Crippen molar-refractivity contribution in [2.24, 2.45) is 0 Å². The topological polar surface area (TPSA) is 50.4 Å². The van der Waals surface area contributed by atoms with E-state index in [4.69, 9.17) is 17.0 Å². The first-order valence-electron chi connectivity index (χ1n) is 7.46. The number of carbonyl (C=O) groups excluding carboxylic acids is 1. The van der Waals surface area contributed by atoms with Crippen LogP contribution >= 0.6 is 12.2 Å². The molecule has 2 N–H and O–H groups in total. The highest BCUT2D eigenvalue weighted by molar-refractivity contribution is 7.80. The molecular weight excluding hydrogens is 308 g/mol. The first-order chi connectivity index (χ1) is 11.1. The van der Waals surface area contributed by atoms with Crippen molar-refractivity contribution in [3.05, 3.63) is 65.2 Å². The number of ether oxygens (including phenoxy) is 1. The van der Waals surface area contributed by atoms with E-state index in [1.807, 2.05) is 44.2 Å². The Morgan fingerprint density at radius 3 is 2.61 bits per heavy atom. The van der Waals surface area contributed by atoms with Gasteiger partial charge in [-0.2, -0.15) is 0 Å². The van der Waals surface area contributed by atoms with Crippen molar-refractivity contribution in [3.63, 3.8) is 0 Å². The third-order valence-corrected chi connectivity index (χ3v) is 3.45. The molecule has 2 aromatic carbocycles. The van der Waals surface area contributed by atoms with E-state index in [1.54, 1.807) is 18.2 Å². The van der Waals surface area contributed by atoms with Crippen LogP contribution in [0.4, 0.5) is 0 Å². The van der Waals surface area contributed by atoms with Gasteiger partial charge in [0.15, 0.2) is 5.11 Å². The molecular formula is C18H20N2O2S. The molecule has 0 aliphatic rings. The second-order valence-corrected chi connectivity index (χ2v) is 5.49. The number of thiocarbonyl (C=S) groups is 1. The second-order valence-electron chi connectivity index (χ2n) is 5.08. The maximum absolute atomic E-state index is 12.2.